The Morgan fingerprint density at radius 2 is 1.48 bits per heavy atom. The topological polar surface area (TPSA) is 35.5 Å². The molecule has 0 unspecified atom stereocenters. The molecular formula is C16H23F3O3Si. The number of halogens is 3. The number of carbonyl (C=O) groups excluding carboxylic acids is 1. The molecule has 0 spiro atoms. The standard InChI is InChI=1S/C16H23F3O3Si/c1-14(2,3)21-13(20)15(16(17,18)19,22-23(4,5)6)12-10-8-7-9-11-12/h7-11H,1-6H3/t15-/m1/s1. The van der Waals surface area contributed by atoms with Crippen LogP contribution in [0, 0.1) is 0 Å². The van der Waals surface area contributed by atoms with E-state index in [1.165, 1.54) is 45.0 Å². The lowest BCUT2D eigenvalue weighted by molar-refractivity contribution is -0.265. The zero-order valence-corrected chi connectivity index (χ0v) is 15.2. The van der Waals surface area contributed by atoms with E-state index < -0.39 is 31.7 Å². The Morgan fingerprint density at radius 3 is 1.83 bits per heavy atom. The molecule has 0 amide bonds. The number of hydrogen-bond donors (Lipinski definition) is 0. The fourth-order valence-corrected chi connectivity index (χ4v) is 3.27. The van der Waals surface area contributed by atoms with Crippen molar-refractivity contribution in [1.82, 2.24) is 0 Å². The molecule has 7 heteroatoms. The summed E-state index contributed by atoms with van der Waals surface area (Å²) in [5.74, 6) is -1.44. The van der Waals surface area contributed by atoms with Gasteiger partial charge in [0.15, 0.2) is 8.32 Å². The molecule has 1 aromatic rings. The number of benzene rings is 1. The van der Waals surface area contributed by atoms with Crippen LogP contribution in [0.2, 0.25) is 19.6 Å². The zero-order valence-electron chi connectivity index (χ0n) is 14.2. The number of hydrogen-bond acceptors (Lipinski definition) is 3. The number of esters is 1. The van der Waals surface area contributed by atoms with Crippen molar-refractivity contribution in [3.8, 4) is 0 Å². The van der Waals surface area contributed by atoms with Gasteiger partial charge in [0, 0.05) is 5.56 Å². The Morgan fingerprint density at radius 1 is 1.00 bits per heavy atom. The third kappa shape index (κ3) is 4.81. The molecule has 3 nitrogen and oxygen atoms in total. The highest BCUT2D eigenvalue weighted by molar-refractivity contribution is 6.70. The van der Waals surface area contributed by atoms with E-state index in [9.17, 15) is 18.0 Å². The molecule has 0 aliphatic carbocycles. The molecule has 0 radical (unpaired) electrons. The molecule has 0 fully saturated rings. The molecule has 23 heavy (non-hydrogen) atoms. The first-order chi connectivity index (χ1) is 10.2. The van der Waals surface area contributed by atoms with Gasteiger partial charge in [0.1, 0.15) is 5.60 Å². The zero-order chi connectivity index (χ0) is 18.1. The van der Waals surface area contributed by atoms with Crippen LogP contribution < -0.4 is 0 Å². The average Bonchev–Trinajstić information content (AvgIpc) is 2.32. The molecule has 0 saturated carbocycles. The Bertz CT molecular complexity index is 544. The Kier molecular flexibility index (Phi) is 5.38. The van der Waals surface area contributed by atoms with E-state index in [1.807, 2.05) is 0 Å². The average molecular weight is 348 g/mol. The lowest BCUT2D eigenvalue weighted by Crippen LogP contribution is -2.57. The van der Waals surface area contributed by atoms with Gasteiger partial charge in [0.25, 0.3) is 5.60 Å². The number of carbonyl (C=O) groups is 1. The minimum Gasteiger partial charge on any atom is -0.457 e. The van der Waals surface area contributed by atoms with Gasteiger partial charge in [0.05, 0.1) is 0 Å². The predicted molar refractivity (Wildman–Crippen MR) is 84.5 cm³/mol. The van der Waals surface area contributed by atoms with Crippen molar-refractivity contribution in [2.45, 2.75) is 57.8 Å². The number of alkyl halides is 3. The molecule has 0 saturated heterocycles. The van der Waals surface area contributed by atoms with E-state index in [1.54, 1.807) is 25.7 Å². The predicted octanol–water partition coefficient (Wildman–Crippen LogP) is 4.64. The van der Waals surface area contributed by atoms with Crippen molar-refractivity contribution < 1.29 is 27.1 Å². The van der Waals surface area contributed by atoms with Crippen molar-refractivity contribution in [2.75, 3.05) is 0 Å². The van der Waals surface area contributed by atoms with Gasteiger partial charge in [-0.1, -0.05) is 30.3 Å². The highest BCUT2D eigenvalue weighted by atomic mass is 28.4. The second-order valence-electron chi connectivity index (χ2n) is 7.26. The van der Waals surface area contributed by atoms with Crippen molar-refractivity contribution >= 4 is 14.3 Å². The van der Waals surface area contributed by atoms with E-state index >= 15 is 0 Å². The van der Waals surface area contributed by atoms with Gasteiger partial charge in [-0.2, -0.15) is 13.2 Å². The Hall–Kier alpha value is -1.34. The summed E-state index contributed by atoms with van der Waals surface area (Å²) in [7, 11) is -2.74. The molecule has 0 aliphatic rings. The third-order valence-electron chi connectivity index (χ3n) is 2.73. The van der Waals surface area contributed by atoms with Gasteiger partial charge in [-0.05, 0) is 40.4 Å². The second kappa shape index (κ2) is 6.28. The fourth-order valence-electron chi connectivity index (χ4n) is 2.04. The summed E-state index contributed by atoms with van der Waals surface area (Å²) in [5, 5.41) is 0. The summed E-state index contributed by atoms with van der Waals surface area (Å²) >= 11 is 0. The molecule has 0 aliphatic heterocycles. The van der Waals surface area contributed by atoms with Gasteiger partial charge in [-0.25, -0.2) is 4.79 Å². The van der Waals surface area contributed by atoms with Crippen LogP contribution in [0.4, 0.5) is 13.2 Å². The summed E-state index contributed by atoms with van der Waals surface area (Å²) < 4.78 is 52.5. The van der Waals surface area contributed by atoms with Crippen LogP contribution in [0.25, 0.3) is 0 Å². The molecule has 1 rings (SSSR count). The minimum atomic E-state index is -4.95. The first-order valence-corrected chi connectivity index (χ1v) is 10.7. The van der Waals surface area contributed by atoms with Crippen LogP contribution in [-0.2, 0) is 19.6 Å². The van der Waals surface area contributed by atoms with Crippen LogP contribution >= 0.6 is 0 Å². The molecule has 1 aromatic carbocycles. The first-order valence-electron chi connectivity index (χ1n) is 7.25. The van der Waals surface area contributed by atoms with Crippen molar-refractivity contribution in [1.29, 1.82) is 0 Å². The van der Waals surface area contributed by atoms with Crippen molar-refractivity contribution in [3.63, 3.8) is 0 Å². The molecular weight excluding hydrogens is 325 g/mol. The van der Waals surface area contributed by atoms with Gasteiger partial charge in [-0.15, -0.1) is 0 Å². The molecule has 0 heterocycles. The maximum atomic E-state index is 14.0. The lowest BCUT2D eigenvalue weighted by atomic mass is 9.93. The number of ether oxygens (including phenoxy) is 1. The van der Waals surface area contributed by atoms with Gasteiger partial charge in [-0.3, -0.25) is 0 Å². The summed E-state index contributed by atoms with van der Waals surface area (Å²) in [6.07, 6.45) is -4.95. The summed E-state index contributed by atoms with van der Waals surface area (Å²) in [4.78, 5) is 12.6. The van der Waals surface area contributed by atoms with Gasteiger partial charge in [0.2, 0.25) is 0 Å². The molecule has 1 atom stereocenters. The van der Waals surface area contributed by atoms with Crippen LogP contribution in [0.5, 0.6) is 0 Å². The van der Waals surface area contributed by atoms with Crippen LogP contribution in [0.3, 0.4) is 0 Å². The maximum absolute atomic E-state index is 14.0. The van der Waals surface area contributed by atoms with Crippen molar-refractivity contribution in [2.24, 2.45) is 0 Å². The first kappa shape index (κ1) is 19.7. The lowest BCUT2D eigenvalue weighted by Gasteiger charge is -2.40. The molecule has 0 bridgehead atoms. The summed E-state index contributed by atoms with van der Waals surface area (Å²) in [6.45, 7) is 9.35. The van der Waals surface area contributed by atoms with Crippen LogP contribution in [0.1, 0.15) is 26.3 Å². The highest BCUT2D eigenvalue weighted by Crippen LogP contribution is 2.45. The monoisotopic (exact) mass is 348 g/mol. The van der Waals surface area contributed by atoms with E-state index in [0.717, 1.165) is 0 Å². The normalized spacial score (nSPS) is 15.9. The van der Waals surface area contributed by atoms with E-state index in [-0.39, 0.29) is 5.56 Å². The minimum absolute atomic E-state index is 0.274. The third-order valence-corrected chi connectivity index (χ3v) is 3.64. The SMILES string of the molecule is CC(C)(C)OC(=O)[C@](O[Si](C)(C)C)(c1ccccc1)C(F)(F)F. The smallest absolute Gasteiger partial charge is 0.431 e. The summed E-state index contributed by atoms with van der Waals surface area (Å²) in [5.41, 5.74) is -4.46. The van der Waals surface area contributed by atoms with E-state index in [2.05, 4.69) is 0 Å². The fraction of sp³-hybridized carbons (Fsp3) is 0.562. The highest BCUT2D eigenvalue weighted by Gasteiger charge is 2.66. The van der Waals surface area contributed by atoms with Crippen LogP contribution in [-0.4, -0.2) is 26.1 Å². The Labute approximate surface area is 135 Å². The number of rotatable bonds is 4. The van der Waals surface area contributed by atoms with Crippen LogP contribution in [0.15, 0.2) is 30.3 Å². The van der Waals surface area contributed by atoms with Gasteiger partial charge < -0.3 is 9.16 Å². The van der Waals surface area contributed by atoms with E-state index in [4.69, 9.17) is 9.16 Å². The largest absolute Gasteiger partial charge is 0.457 e. The van der Waals surface area contributed by atoms with E-state index in [0.29, 0.717) is 0 Å². The molecule has 0 aromatic heterocycles. The molecule has 0 N–H and O–H groups in total. The quantitative estimate of drug-likeness (QED) is 0.587. The van der Waals surface area contributed by atoms with Crippen molar-refractivity contribution in [3.05, 3.63) is 35.9 Å². The Balaban J connectivity index is 3.58. The van der Waals surface area contributed by atoms with Gasteiger partial charge >= 0.3 is 12.1 Å². The summed E-state index contributed by atoms with van der Waals surface area (Å²) in [6, 6.07) is 6.92. The second-order valence-corrected chi connectivity index (χ2v) is 11.7. The maximum Gasteiger partial charge on any atom is 0.431 e. The molecule has 130 valence electrons.